The Morgan fingerprint density at radius 3 is 2.67 bits per heavy atom. The number of hydrogen-bond donors (Lipinski definition) is 1. The van der Waals surface area contributed by atoms with Crippen LogP contribution in [0.25, 0.3) is 0 Å². The summed E-state index contributed by atoms with van der Waals surface area (Å²) in [5.41, 5.74) is 3.18. The molecule has 2 aliphatic heterocycles. The molecule has 2 heterocycles. The quantitative estimate of drug-likeness (QED) is 0.296. The maximum Gasteiger partial charge on any atom is 0.336 e. The molecule has 1 fully saturated rings. The van der Waals surface area contributed by atoms with Crippen LogP contribution in [0.5, 0.6) is 0 Å². The van der Waals surface area contributed by atoms with Crippen molar-refractivity contribution >= 4 is 29.4 Å². The van der Waals surface area contributed by atoms with Gasteiger partial charge in [0.1, 0.15) is 0 Å². The molecule has 0 bridgehead atoms. The van der Waals surface area contributed by atoms with Crippen LogP contribution in [0, 0.1) is 0 Å². The van der Waals surface area contributed by atoms with Crippen LogP contribution >= 0.6 is 11.6 Å². The Balaban J connectivity index is 1.45. The van der Waals surface area contributed by atoms with Crippen LogP contribution in [-0.4, -0.2) is 59.9 Å². The van der Waals surface area contributed by atoms with Gasteiger partial charge < -0.3 is 19.9 Å². The number of piperidine rings is 1. The molecule has 40 heavy (non-hydrogen) atoms. The summed E-state index contributed by atoms with van der Waals surface area (Å²) in [7, 11) is 0. The van der Waals surface area contributed by atoms with Crippen molar-refractivity contribution in [1.29, 1.82) is 0 Å². The fraction of sp³-hybridized carbons (Fsp3) is 0.469. The van der Waals surface area contributed by atoms with Crippen LogP contribution in [0.4, 0.5) is 0 Å². The van der Waals surface area contributed by atoms with Gasteiger partial charge in [-0.15, -0.1) is 0 Å². The van der Waals surface area contributed by atoms with Gasteiger partial charge >= 0.3 is 5.97 Å². The van der Waals surface area contributed by atoms with E-state index in [4.69, 9.17) is 16.3 Å². The molecule has 4 rings (SSSR count). The van der Waals surface area contributed by atoms with E-state index >= 15 is 0 Å². The van der Waals surface area contributed by atoms with E-state index < -0.39 is 11.9 Å². The zero-order valence-corrected chi connectivity index (χ0v) is 24.5. The summed E-state index contributed by atoms with van der Waals surface area (Å²) in [6.07, 6.45) is 4.83. The second kappa shape index (κ2) is 14.0. The normalized spacial score (nSPS) is 20.0. The van der Waals surface area contributed by atoms with Gasteiger partial charge in [0.25, 0.3) is 5.91 Å². The molecule has 0 aliphatic carbocycles. The number of halogens is 1. The summed E-state index contributed by atoms with van der Waals surface area (Å²) in [6, 6.07) is 15.2. The molecule has 2 atom stereocenters. The van der Waals surface area contributed by atoms with Gasteiger partial charge in [-0.25, -0.2) is 4.79 Å². The van der Waals surface area contributed by atoms with E-state index in [1.54, 1.807) is 36.9 Å². The highest BCUT2D eigenvalue weighted by Gasteiger charge is 2.37. The van der Waals surface area contributed by atoms with E-state index in [9.17, 15) is 14.4 Å². The summed E-state index contributed by atoms with van der Waals surface area (Å²) in [6.45, 7) is 9.05. The lowest BCUT2D eigenvalue weighted by molar-refractivity contribution is -0.140. The predicted octanol–water partition coefficient (Wildman–Crippen LogP) is 5.69. The Kier molecular flexibility index (Phi) is 10.4. The number of esters is 1. The van der Waals surface area contributed by atoms with Crippen molar-refractivity contribution in [3.8, 4) is 0 Å². The minimum Gasteiger partial charge on any atom is -0.463 e. The number of benzene rings is 2. The number of carbonyl (C=O) groups excluding carboxylic acids is 3. The van der Waals surface area contributed by atoms with Crippen molar-refractivity contribution in [3.05, 3.63) is 81.5 Å². The lowest BCUT2D eigenvalue weighted by atomic mass is 9.83. The van der Waals surface area contributed by atoms with Crippen LogP contribution < -0.4 is 5.32 Å². The van der Waals surface area contributed by atoms with Crippen LogP contribution in [0.15, 0.2) is 59.8 Å². The highest BCUT2D eigenvalue weighted by molar-refractivity contribution is 6.30. The molecule has 2 aliphatic rings. The van der Waals surface area contributed by atoms with Crippen molar-refractivity contribution in [2.24, 2.45) is 0 Å². The van der Waals surface area contributed by atoms with Gasteiger partial charge in [0.05, 0.1) is 18.7 Å². The van der Waals surface area contributed by atoms with Crippen LogP contribution in [0.1, 0.15) is 80.3 Å². The molecule has 2 aromatic rings. The largest absolute Gasteiger partial charge is 0.463 e. The number of nitrogens with one attached hydrogen (secondary N) is 1. The topological polar surface area (TPSA) is 79.0 Å². The second-order valence-electron chi connectivity index (χ2n) is 10.7. The van der Waals surface area contributed by atoms with E-state index in [1.165, 1.54) is 19.3 Å². The summed E-state index contributed by atoms with van der Waals surface area (Å²) in [5.74, 6) is -1.10. The first-order chi connectivity index (χ1) is 19.3. The standard InChI is InChI=1S/C32H40ClN3O4/c1-4-40-32(39)30-23(3)36(29(37)20-28(30)25-12-8-14-27(33)19-25)21-24-11-7-13-26(18-24)31(38)34-15-9-17-35-16-6-5-10-22(35)2/h7-8,11-14,18-19,22,28H,4-6,9-10,15-17,20-21H2,1-3H3,(H,34,38). The molecular weight excluding hydrogens is 526 g/mol. The van der Waals surface area contributed by atoms with Crippen molar-refractivity contribution in [1.82, 2.24) is 15.1 Å². The van der Waals surface area contributed by atoms with Crippen molar-refractivity contribution < 1.29 is 19.1 Å². The van der Waals surface area contributed by atoms with Crippen molar-refractivity contribution in [3.63, 3.8) is 0 Å². The number of allylic oxidation sites excluding steroid dienone is 1. The van der Waals surface area contributed by atoms with Gasteiger partial charge in [0.2, 0.25) is 5.91 Å². The summed E-state index contributed by atoms with van der Waals surface area (Å²) in [4.78, 5) is 43.4. The number of ether oxygens (including phenoxy) is 1. The summed E-state index contributed by atoms with van der Waals surface area (Å²) in [5, 5.41) is 3.58. The number of likely N-dealkylation sites (tertiary alicyclic amines) is 1. The first kappa shape index (κ1) is 29.8. The third-order valence-electron chi connectivity index (χ3n) is 7.95. The average Bonchev–Trinajstić information content (AvgIpc) is 2.94. The Morgan fingerprint density at radius 1 is 1.12 bits per heavy atom. The molecule has 214 valence electrons. The third kappa shape index (κ3) is 7.32. The first-order valence-electron chi connectivity index (χ1n) is 14.3. The summed E-state index contributed by atoms with van der Waals surface area (Å²) >= 11 is 6.22. The average molecular weight is 566 g/mol. The summed E-state index contributed by atoms with van der Waals surface area (Å²) < 4.78 is 5.39. The Labute approximate surface area is 242 Å². The number of hydrogen-bond acceptors (Lipinski definition) is 5. The molecule has 2 aromatic carbocycles. The second-order valence-corrected chi connectivity index (χ2v) is 11.1. The van der Waals surface area contributed by atoms with E-state index in [2.05, 4.69) is 17.1 Å². The molecular formula is C32H40ClN3O4. The van der Waals surface area contributed by atoms with Gasteiger partial charge in [-0.3, -0.25) is 9.59 Å². The molecule has 2 unspecified atom stereocenters. The van der Waals surface area contributed by atoms with E-state index in [1.807, 2.05) is 30.3 Å². The highest BCUT2D eigenvalue weighted by atomic mass is 35.5. The molecule has 0 saturated carbocycles. The van der Waals surface area contributed by atoms with Crippen LogP contribution in [-0.2, 0) is 20.9 Å². The molecule has 8 heteroatoms. The Bertz CT molecular complexity index is 1260. The zero-order chi connectivity index (χ0) is 28.6. The van der Waals surface area contributed by atoms with E-state index in [0.717, 1.165) is 30.6 Å². The molecule has 0 aromatic heterocycles. The lowest BCUT2D eigenvalue weighted by Crippen LogP contribution is -2.39. The molecule has 2 amide bonds. The first-order valence-corrected chi connectivity index (χ1v) is 14.7. The molecule has 7 nitrogen and oxygen atoms in total. The maximum atomic E-state index is 13.4. The third-order valence-corrected chi connectivity index (χ3v) is 8.18. The molecule has 1 saturated heterocycles. The predicted molar refractivity (Wildman–Crippen MR) is 157 cm³/mol. The fourth-order valence-corrected chi connectivity index (χ4v) is 5.95. The van der Waals surface area contributed by atoms with Crippen molar-refractivity contribution in [2.45, 2.75) is 71.4 Å². The van der Waals surface area contributed by atoms with E-state index in [0.29, 0.717) is 34.4 Å². The van der Waals surface area contributed by atoms with Crippen LogP contribution in [0.2, 0.25) is 5.02 Å². The van der Waals surface area contributed by atoms with Gasteiger partial charge in [0, 0.05) is 47.8 Å². The monoisotopic (exact) mass is 565 g/mol. The van der Waals surface area contributed by atoms with Gasteiger partial charge in [-0.05, 0) is 82.0 Å². The fourth-order valence-electron chi connectivity index (χ4n) is 5.75. The maximum absolute atomic E-state index is 13.4. The highest BCUT2D eigenvalue weighted by Crippen LogP contribution is 2.38. The minimum absolute atomic E-state index is 0.0997. The van der Waals surface area contributed by atoms with Gasteiger partial charge in [0.15, 0.2) is 0 Å². The number of carbonyl (C=O) groups is 3. The van der Waals surface area contributed by atoms with Gasteiger partial charge in [-0.2, -0.15) is 0 Å². The number of rotatable bonds is 10. The Morgan fingerprint density at radius 2 is 1.93 bits per heavy atom. The molecule has 1 N–H and O–H groups in total. The zero-order valence-electron chi connectivity index (χ0n) is 23.7. The SMILES string of the molecule is CCOC(=O)C1=C(C)N(Cc2cccc(C(=O)NCCCN3CCCCC3C)c2)C(=O)CC1c1cccc(Cl)c1. The van der Waals surface area contributed by atoms with E-state index in [-0.39, 0.29) is 31.4 Å². The molecule has 0 spiro atoms. The Hall–Kier alpha value is -3.16. The van der Waals surface area contributed by atoms with Crippen LogP contribution in [0.3, 0.4) is 0 Å². The number of amides is 2. The lowest BCUT2D eigenvalue weighted by Gasteiger charge is -2.34. The van der Waals surface area contributed by atoms with Gasteiger partial charge in [-0.1, -0.05) is 42.3 Å². The van der Waals surface area contributed by atoms with Crippen molar-refractivity contribution in [2.75, 3.05) is 26.2 Å². The molecule has 0 radical (unpaired) electrons. The smallest absolute Gasteiger partial charge is 0.336 e. The number of nitrogens with zero attached hydrogens (tertiary/aromatic N) is 2. The minimum atomic E-state index is -0.438.